The Labute approximate surface area is 227 Å². The number of aromatic amines is 1. The lowest BCUT2D eigenvalue weighted by Gasteiger charge is -2.24. The fraction of sp³-hybridized carbons (Fsp3) is 0.310. The molecule has 9 heteroatoms. The molecule has 1 saturated carbocycles. The standard InChI is InChI=1S/C29H31ClN8/c1-5-17-13-31-27-21(26(17)32-16-29(2,3)4)11-18(12-23(27)30)34-28(25-15-38(37-36-25)19-9-10-19)20-7-6-8-24-22(20)14-33-35-24/h1,6-8,11-15,19,28,34,36-37H,9-10,16H2,2-4H3,(H,31,32)(H,33,35)/t28-/m0/s1. The van der Waals surface area contributed by atoms with Gasteiger partial charge >= 0.3 is 0 Å². The van der Waals surface area contributed by atoms with E-state index in [1.807, 2.05) is 24.4 Å². The molecular weight excluding hydrogens is 496 g/mol. The average molecular weight is 527 g/mol. The lowest BCUT2D eigenvalue weighted by Crippen LogP contribution is -2.38. The Morgan fingerprint density at radius 3 is 2.82 bits per heavy atom. The summed E-state index contributed by atoms with van der Waals surface area (Å²) in [5.41, 5.74) is 13.0. The van der Waals surface area contributed by atoms with Crippen molar-refractivity contribution in [2.45, 2.75) is 45.7 Å². The second-order valence-corrected chi connectivity index (χ2v) is 11.6. The Morgan fingerprint density at radius 1 is 1.21 bits per heavy atom. The van der Waals surface area contributed by atoms with E-state index in [1.165, 1.54) is 12.8 Å². The van der Waals surface area contributed by atoms with Gasteiger partial charge in [0.15, 0.2) is 0 Å². The number of nitrogens with one attached hydrogen (secondary N) is 5. The third kappa shape index (κ3) is 4.71. The minimum atomic E-state index is -0.198. The van der Waals surface area contributed by atoms with Gasteiger partial charge in [0.25, 0.3) is 0 Å². The van der Waals surface area contributed by atoms with Gasteiger partial charge in [-0.25, -0.2) is 0 Å². The number of benzene rings is 2. The van der Waals surface area contributed by atoms with Crippen molar-refractivity contribution in [3.05, 3.63) is 70.8 Å². The van der Waals surface area contributed by atoms with Crippen molar-refractivity contribution < 1.29 is 0 Å². The number of anilines is 2. The van der Waals surface area contributed by atoms with Crippen molar-refractivity contribution in [3.8, 4) is 12.3 Å². The highest BCUT2D eigenvalue weighted by atomic mass is 35.5. The second-order valence-electron chi connectivity index (χ2n) is 11.2. The SMILES string of the molecule is C#Cc1cnc2c(Cl)cc(N[C@H](C3=CN(C4CC4)NN3)c3cccc4[nH]ncc34)cc2c1NCC(C)(C)C. The van der Waals surface area contributed by atoms with Gasteiger partial charge in [-0.15, -0.1) is 12.0 Å². The quantitative estimate of drug-likeness (QED) is 0.198. The third-order valence-corrected chi connectivity index (χ3v) is 7.16. The van der Waals surface area contributed by atoms with Crippen LogP contribution in [0.2, 0.25) is 5.02 Å². The second kappa shape index (κ2) is 9.43. The number of hydrogen-bond donors (Lipinski definition) is 5. The average Bonchev–Trinajstić information content (AvgIpc) is 3.41. The van der Waals surface area contributed by atoms with Crippen molar-refractivity contribution in [2.24, 2.45) is 5.41 Å². The predicted molar refractivity (Wildman–Crippen MR) is 154 cm³/mol. The molecule has 0 spiro atoms. The Bertz CT molecular complexity index is 1590. The molecule has 1 fully saturated rings. The van der Waals surface area contributed by atoms with Gasteiger partial charge in [-0.3, -0.25) is 15.1 Å². The molecule has 0 radical (unpaired) electrons. The predicted octanol–water partition coefficient (Wildman–Crippen LogP) is 5.69. The van der Waals surface area contributed by atoms with E-state index in [2.05, 4.69) is 86.8 Å². The maximum atomic E-state index is 6.81. The van der Waals surface area contributed by atoms with Crippen molar-refractivity contribution in [1.29, 1.82) is 0 Å². The Hall–Kier alpha value is -3.93. The summed E-state index contributed by atoms with van der Waals surface area (Å²) in [6.45, 7) is 7.30. The molecule has 6 rings (SSSR count). The van der Waals surface area contributed by atoms with Crippen molar-refractivity contribution in [2.75, 3.05) is 17.2 Å². The van der Waals surface area contributed by atoms with Gasteiger partial charge in [-0.05, 0) is 42.0 Å². The zero-order chi connectivity index (χ0) is 26.4. The summed E-state index contributed by atoms with van der Waals surface area (Å²) in [4.78, 5) is 4.59. The fourth-order valence-corrected chi connectivity index (χ4v) is 5.04. The maximum Gasteiger partial charge on any atom is 0.0951 e. The number of hydrazine groups is 2. The Kier molecular flexibility index (Phi) is 6.05. The fourth-order valence-electron chi connectivity index (χ4n) is 4.77. The summed E-state index contributed by atoms with van der Waals surface area (Å²) in [7, 11) is 0. The molecule has 0 bridgehead atoms. The van der Waals surface area contributed by atoms with Crippen LogP contribution in [0.4, 0.5) is 11.4 Å². The Balaban J connectivity index is 1.44. The lowest BCUT2D eigenvalue weighted by molar-refractivity contribution is 0.260. The molecule has 1 aliphatic carbocycles. The van der Waals surface area contributed by atoms with E-state index >= 15 is 0 Å². The van der Waals surface area contributed by atoms with Crippen molar-refractivity contribution in [3.63, 3.8) is 0 Å². The number of terminal acetylenes is 1. The van der Waals surface area contributed by atoms with Crippen LogP contribution in [0.25, 0.3) is 21.8 Å². The van der Waals surface area contributed by atoms with Crippen LogP contribution in [0.15, 0.2) is 54.6 Å². The van der Waals surface area contributed by atoms with Crippen molar-refractivity contribution >= 4 is 44.8 Å². The first-order chi connectivity index (χ1) is 18.3. The number of aromatic nitrogens is 3. The molecule has 0 unspecified atom stereocenters. The summed E-state index contributed by atoms with van der Waals surface area (Å²) in [6.07, 6.45) is 14.0. The van der Waals surface area contributed by atoms with Crippen LogP contribution in [0.1, 0.15) is 50.8 Å². The summed E-state index contributed by atoms with van der Waals surface area (Å²) in [6, 6.07) is 10.5. The molecule has 0 amide bonds. The molecule has 1 aliphatic heterocycles. The van der Waals surface area contributed by atoms with Crippen LogP contribution in [0.3, 0.4) is 0 Å². The molecule has 0 saturated heterocycles. The summed E-state index contributed by atoms with van der Waals surface area (Å²) < 4.78 is 0. The molecule has 5 N–H and O–H groups in total. The first-order valence-corrected chi connectivity index (χ1v) is 13.2. The van der Waals surface area contributed by atoms with E-state index in [9.17, 15) is 0 Å². The highest BCUT2D eigenvalue weighted by molar-refractivity contribution is 6.35. The number of halogens is 1. The van der Waals surface area contributed by atoms with Gasteiger partial charge in [0, 0.05) is 41.4 Å². The van der Waals surface area contributed by atoms with E-state index in [0.29, 0.717) is 22.1 Å². The van der Waals surface area contributed by atoms with Gasteiger partial charge in [0.2, 0.25) is 0 Å². The van der Waals surface area contributed by atoms with Crippen LogP contribution < -0.4 is 21.6 Å². The number of hydrogen-bond acceptors (Lipinski definition) is 7. The van der Waals surface area contributed by atoms with Gasteiger partial charge in [-0.2, -0.15) is 5.10 Å². The van der Waals surface area contributed by atoms with Gasteiger partial charge < -0.3 is 16.1 Å². The largest absolute Gasteiger partial charge is 0.383 e. The van der Waals surface area contributed by atoms with Crippen molar-refractivity contribution in [1.82, 2.24) is 31.2 Å². The van der Waals surface area contributed by atoms with Gasteiger partial charge in [-0.1, -0.05) is 50.4 Å². The molecule has 4 aromatic rings. The van der Waals surface area contributed by atoms with Crippen LogP contribution in [-0.2, 0) is 0 Å². The molecule has 1 atom stereocenters. The van der Waals surface area contributed by atoms with Crippen LogP contribution >= 0.6 is 11.6 Å². The van der Waals surface area contributed by atoms with Crippen LogP contribution in [-0.4, -0.2) is 32.8 Å². The van der Waals surface area contributed by atoms with E-state index in [4.69, 9.17) is 18.0 Å². The number of nitrogens with zero attached hydrogens (tertiary/aromatic N) is 3. The first-order valence-electron chi connectivity index (χ1n) is 12.8. The first kappa shape index (κ1) is 24.4. The van der Waals surface area contributed by atoms with E-state index in [1.54, 1.807) is 6.20 Å². The number of H-pyrrole nitrogens is 1. The van der Waals surface area contributed by atoms with E-state index < -0.39 is 0 Å². The summed E-state index contributed by atoms with van der Waals surface area (Å²) >= 11 is 6.81. The zero-order valence-electron chi connectivity index (χ0n) is 21.7. The number of pyridine rings is 1. The minimum Gasteiger partial charge on any atom is -0.383 e. The molecule has 2 aromatic carbocycles. The topological polar surface area (TPSA) is 92.9 Å². The molecule has 2 aliphatic rings. The van der Waals surface area contributed by atoms with E-state index in [0.717, 1.165) is 45.5 Å². The van der Waals surface area contributed by atoms with E-state index in [-0.39, 0.29) is 11.5 Å². The Morgan fingerprint density at radius 2 is 2.05 bits per heavy atom. The number of rotatable bonds is 7. The molecular formula is C29H31ClN8. The van der Waals surface area contributed by atoms with Gasteiger partial charge in [0.1, 0.15) is 0 Å². The maximum absolute atomic E-state index is 6.81. The van der Waals surface area contributed by atoms with Crippen LogP contribution in [0, 0.1) is 17.8 Å². The normalized spacial score (nSPS) is 16.3. The molecule has 194 valence electrons. The highest BCUT2D eigenvalue weighted by Crippen LogP contribution is 2.38. The molecule has 2 aromatic heterocycles. The summed E-state index contributed by atoms with van der Waals surface area (Å²) in [5, 5.41) is 19.3. The highest BCUT2D eigenvalue weighted by Gasteiger charge is 2.33. The van der Waals surface area contributed by atoms with Gasteiger partial charge in [0.05, 0.1) is 45.2 Å². The third-order valence-electron chi connectivity index (χ3n) is 6.88. The molecule has 8 nitrogen and oxygen atoms in total. The monoisotopic (exact) mass is 526 g/mol. The molecule has 38 heavy (non-hydrogen) atoms. The smallest absolute Gasteiger partial charge is 0.0951 e. The van der Waals surface area contributed by atoms with Crippen LogP contribution in [0.5, 0.6) is 0 Å². The number of fused-ring (bicyclic) bond motifs is 2. The summed E-state index contributed by atoms with van der Waals surface area (Å²) in [5.74, 6) is 2.78. The lowest BCUT2D eigenvalue weighted by atomic mass is 9.96. The minimum absolute atomic E-state index is 0.0660. The zero-order valence-corrected chi connectivity index (χ0v) is 22.4. The molecule has 3 heterocycles.